The highest BCUT2D eigenvalue weighted by molar-refractivity contribution is 5.71. The second-order valence-electron chi connectivity index (χ2n) is 11.1. The van der Waals surface area contributed by atoms with Crippen molar-refractivity contribution in [2.24, 2.45) is 11.8 Å². The fourth-order valence-electron chi connectivity index (χ4n) is 6.32. The molecule has 0 radical (unpaired) electrons. The van der Waals surface area contributed by atoms with E-state index >= 15 is 0 Å². The number of rotatable bonds is 8. The summed E-state index contributed by atoms with van der Waals surface area (Å²) in [5.41, 5.74) is 4.50. The van der Waals surface area contributed by atoms with Crippen LogP contribution in [0.3, 0.4) is 0 Å². The van der Waals surface area contributed by atoms with Crippen LogP contribution >= 0.6 is 0 Å². The third kappa shape index (κ3) is 6.44. The molecule has 1 aliphatic carbocycles. The fraction of sp³-hybridized carbons (Fsp3) is 0.429. The molecule has 0 amide bonds. The van der Waals surface area contributed by atoms with Crippen LogP contribution in [0.4, 0.5) is 8.78 Å². The van der Waals surface area contributed by atoms with E-state index in [1.165, 1.54) is 43.7 Å². The first-order chi connectivity index (χ1) is 19.1. The molecule has 3 aromatic carbocycles. The van der Waals surface area contributed by atoms with E-state index in [-0.39, 0.29) is 11.3 Å². The van der Waals surface area contributed by atoms with Gasteiger partial charge in [0.15, 0.2) is 11.6 Å². The number of benzene rings is 3. The molecular formula is C35H40F2O2. The monoisotopic (exact) mass is 530 g/mol. The van der Waals surface area contributed by atoms with Crippen molar-refractivity contribution in [3.05, 3.63) is 90.0 Å². The maximum atomic E-state index is 14.7. The molecule has 2 atom stereocenters. The lowest BCUT2D eigenvalue weighted by Crippen LogP contribution is -2.31. The molecule has 1 heterocycles. The van der Waals surface area contributed by atoms with Gasteiger partial charge in [-0.25, -0.2) is 4.39 Å². The smallest absolute Gasteiger partial charge is 0.201 e. The summed E-state index contributed by atoms with van der Waals surface area (Å²) < 4.78 is 40.6. The predicted octanol–water partition coefficient (Wildman–Crippen LogP) is 9.73. The molecule has 2 fully saturated rings. The lowest BCUT2D eigenvalue weighted by molar-refractivity contribution is -0.0149. The highest BCUT2D eigenvalue weighted by atomic mass is 19.2. The Balaban J connectivity index is 1.18. The minimum atomic E-state index is -0.931. The molecule has 1 aliphatic heterocycles. The van der Waals surface area contributed by atoms with E-state index in [2.05, 4.69) is 43.3 Å². The maximum Gasteiger partial charge on any atom is 0.201 e. The summed E-state index contributed by atoms with van der Waals surface area (Å²) in [6, 6.07) is 19.7. The summed E-state index contributed by atoms with van der Waals surface area (Å²) in [7, 11) is 0. The zero-order valence-corrected chi connectivity index (χ0v) is 23.2. The minimum absolute atomic E-state index is 0.0375. The van der Waals surface area contributed by atoms with Crippen LogP contribution in [0.1, 0.15) is 70.3 Å². The summed E-state index contributed by atoms with van der Waals surface area (Å²) in [5.74, 6) is 0.299. The molecule has 0 spiro atoms. The van der Waals surface area contributed by atoms with Gasteiger partial charge in [0.25, 0.3) is 0 Å². The molecule has 206 valence electrons. The number of ether oxygens (including phenoxy) is 2. The SMILES string of the molecule is CC=CC1CCC(C2CCC(c3ccc(-c4ccc(-c5ccc(OCCC)c(F)c5F)cc4)cc3)CC2)CO1. The second-order valence-corrected chi connectivity index (χ2v) is 11.1. The average molecular weight is 531 g/mol. The van der Waals surface area contributed by atoms with Crippen LogP contribution in [0.15, 0.2) is 72.8 Å². The molecule has 2 aliphatic rings. The summed E-state index contributed by atoms with van der Waals surface area (Å²) >= 11 is 0. The van der Waals surface area contributed by atoms with Crippen molar-refractivity contribution in [3.63, 3.8) is 0 Å². The van der Waals surface area contributed by atoms with E-state index in [0.29, 0.717) is 24.2 Å². The molecule has 5 rings (SSSR count). The lowest BCUT2D eigenvalue weighted by Gasteiger charge is -2.37. The number of hydrogen-bond donors (Lipinski definition) is 0. The van der Waals surface area contributed by atoms with E-state index in [0.717, 1.165) is 42.4 Å². The fourth-order valence-corrected chi connectivity index (χ4v) is 6.32. The van der Waals surface area contributed by atoms with Crippen molar-refractivity contribution in [3.8, 4) is 28.0 Å². The van der Waals surface area contributed by atoms with Gasteiger partial charge in [0.05, 0.1) is 19.3 Å². The van der Waals surface area contributed by atoms with Crippen molar-refractivity contribution in [2.75, 3.05) is 13.2 Å². The molecular weight excluding hydrogens is 490 g/mol. The number of halogens is 2. The zero-order valence-electron chi connectivity index (χ0n) is 23.2. The average Bonchev–Trinajstić information content (AvgIpc) is 2.99. The Kier molecular flexibility index (Phi) is 9.13. The van der Waals surface area contributed by atoms with Crippen LogP contribution < -0.4 is 4.74 Å². The molecule has 0 bridgehead atoms. The number of allylic oxidation sites excluding steroid dienone is 1. The first kappa shape index (κ1) is 27.6. The van der Waals surface area contributed by atoms with Crippen LogP contribution in [-0.2, 0) is 4.74 Å². The van der Waals surface area contributed by atoms with Crippen LogP contribution in [0.25, 0.3) is 22.3 Å². The van der Waals surface area contributed by atoms with Gasteiger partial charge in [-0.15, -0.1) is 0 Å². The summed E-state index contributed by atoms with van der Waals surface area (Å²) in [5, 5.41) is 0. The van der Waals surface area contributed by atoms with Crippen molar-refractivity contribution < 1.29 is 18.3 Å². The Labute approximate surface area is 232 Å². The Morgan fingerprint density at radius 3 is 2.03 bits per heavy atom. The van der Waals surface area contributed by atoms with Gasteiger partial charge in [0, 0.05) is 5.56 Å². The van der Waals surface area contributed by atoms with Crippen LogP contribution in [-0.4, -0.2) is 19.3 Å². The van der Waals surface area contributed by atoms with E-state index in [4.69, 9.17) is 9.47 Å². The maximum absolute atomic E-state index is 14.7. The molecule has 0 aromatic heterocycles. The van der Waals surface area contributed by atoms with E-state index < -0.39 is 11.6 Å². The molecule has 39 heavy (non-hydrogen) atoms. The summed E-state index contributed by atoms with van der Waals surface area (Å²) in [6.45, 7) is 5.27. The van der Waals surface area contributed by atoms with Gasteiger partial charge in [-0.05, 0) is 104 Å². The van der Waals surface area contributed by atoms with Crippen LogP contribution in [0.5, 0.6) is 5.75 Å². The Bertz CT molecular complexity index is 1230. The Hall–Kier alpha value is -2.98. The third-order valence-electron chi connectivity index (χ3n) is 8.61. The summed E-state index contributed by atoms with van der Waals surface area (Å²) in [4.78, 5) is 0. The second kappa shape index (κ2) is 12.9. The first-order valence-electron chi connectivity index (χ1n) is 14.6. The molecule has 4 heteroatoms. The molecule has 2 nitrogen and oxygen atoms in total. The van der Waals surface area contributed by atoms with Gasteiger partial charge in [-0.3, -0.25) is 0 Å². The van der Waals surface area contributed by atoms with Crippen molar-refractivity contribution in [1.29, 1.82) is 0 Å². The van der Waals surface area contributed by atoms with Crippen molar-refractivity contribution in [2.45, 2.75) is 70.8 Å². The van der Waals surface area contributed by atoms with Crippen molar-refractivity contribution >= 4 is 0 Å². The van der Waals surface area contributed by atoms with E-state index in [9.17, 15) is 8.78 Å². The van der Waals surface area contributed by atoms with Gasteiger partial charge >= 0.3 is 0 Å². The topological polar surface area (TPSA) is 18.5 Å². The highest BCUT2D eigenvalue weighted by Crippen LogP contribution is 2.42. The van der Waals surface area contributed by atoms with E-state index in [1.54, 1.807) is 6.07 Å². The standard InChI is InChI=1S/C35H40F2O2/c1-3-5-31-19-18-30(23-39-31)28-12-10-26(11-13-28)24-6-8-25(9-7-24)27-14-16-29(17-15-27)32-20-21-33(38-22-4-2)35(37)34(32)36/h3,5-9,14-17,20-21,26,28,30-31H,4,10-13,18-19,22-23H2,1-2H3. The van der Waals surface area contributed by atoms with Gasteiger partial charge in [0.1, 0.15) is 0 Å². The summed E-state index contributed by atoms with van der Waals surface area (Å²) in [6.07, 6.45) is 12.9. The number of hydrogen-bond acceptors (Lipinski definition) is 2. The molecule has 3 aromatic rings. The molecule has 1 saturated carbocycles. The van der Waals surface area contributed by atoms with Crippen molar-refractivity contribution in [1.82, 2.24) is 0 Å². The first-order valence-corrected chi connectivity index (χ1v) is 14.6. The third-order valence-corrected chi connectivity index (χ3v) is 8.61. The molecule has 2 unspecified atom stereocenters. The normalized spacial score (nSPS) is 23.7. The van der Waals surface area contributed by atoms with Crippen LogP contribution in [0.2, 0.25) is 0 Å². The van der Waals surface area contributed by atoms with Gasteiger partial charge in [-0.1, -0.05) is 67.6 Å². The van der Waals surface area contributed by atoms with Gasteiger partial charge in [-0.2, -0.15) is 4.39 Å². The van der Waals surface area contributed by atoms with Gasteiger partial charge < -0.3 is 9.47 Å². The van der Waals surface area contributed by atoms with E-state index in [1.807, 2.05) is 31.2 Å². The predicted molar refractivity (Wildman–Crippen MR) is 155 cm³/mol. The minimum Gasteiger partial charge on any atom is -0.490 e. The lowest BCUT2D eigenvalue weighted by atomic mass is 9.72. The van der Waals surface area contributed by atoms with Gasteiger partial charge in [0.2, 0.25) is 5.82 Å². The van der Waals surface area contributed by atoms with Crippen LogP contribution in [0, 0.1) is 23.5 Å². The highest BCUT2D eigenvalue weighted by Gasteiger charge is 2.31. The quantitative estimate of drug-likeness (QED) is 0.270. The largest absolute Gasteiger partial charge is 0.490 e. The zero-order chi connectivity index (χ0) is 27.2. The molecule has 0 N–H and O–H groups in total. The molecule has 1 saturated heterocycles. The Morgan fingerprint density at radius 1 is 0.769 bits per heavy atom. The Morgan fingerprint density at radius 2 is 1.41 bits per heavy atom.